The van der Waals surface area contributed by atoms with Crippen LogP contribution in [0.25, 0.3) is 0 Å². The molecule has 1 aromatic carbocycles. The van der Waals surface area contributed by atoms with Crippen molar-refractivity contribution in [3.05, 3.63) is 29.8 Å². The molecule has 0 bridgehead atoms. The van der Waals surface area contributed by atoms with Gasteiger partial charge in [-0.25, -0.2) is 0 Å². The molecule has 0 spiro atoms. The van der Waals surface area contributed by atoms with Crippen LogP contribution < -0.4 is 10.6 Å². The largest absolute Gasteiger partial charge is 0.385 e. The Bertz CT molecular complexity index is 370. The zero-order valence-electron chi connectivity index (χ0n) is 10.0. The molecule has 92 valence electrons. The summed E-state index contributed by atoms with van der Waals surface area (Å²) in [6.45, 7) is 4.29. The molecule has 2 N–H and O–H groups in total. The van der Waals surface area contributed by atoms with Crippen LogP contribution in [0.5, 0.6) is 0 Å². The molecule has 0 radical (unpaired) electrons. The standard InChI is InChI=1S/C13H18N2O2/c1-2-14-11-5-3-10(4-6-11)13(16)15-12-7-8-17-9-12/h3-6,12,14H,2,7-9H2,1H3,(H,15,16). The highest BCUT2D eigenvalue weighted by Crippen LogP contribution is 2.10. The number of nitrogens with one attached hydrogen (secondary N) is 2. The van der Waals surface area contributed by atoms with Gasteiger partial charge in [0.15, 0.2) is 0 Å². The van der Waals surface area contributed by atoms with E-state index in [-0.39, 0.29) is 11.9 Å². The summed E-state index contributed by atoms with van der Waals surface area (Å²) in [5.74, 6) is -0.0245. The number of anilines is 1. The summed E-state index contributed by atoms with van der Waals surface area (Å²) < 4.78 is 5.22. The van der Waals surface area contributed by atoms with E-state index in [9.17, 15) is 4.79 Å². The Hall–Kier alpha value is -1.55. The second-order valence-electron chi connectivity index (χ2n) is 4.14. The molecule has 2 rings (SSSR count). The van der Waals surface area contributed by atoms with E-state index in [0.29, 0.717) is 12.2 Å². The lowest BCUT2D eigenvalue weighted by Crippen LogP contribution is -2.34. The third kappa shape index (κ3) is 3.20. The van der Waals surface area contributed by atoms with Crippen molar-refractivity contribution in [3.63, 3.8) is 0 Å². The van der Waals surface area contributed by atoms with Crippen LogP contribution in [0.15, 0.2) is 24.3 Å². The molecule has 17 heavy (non-hydrogen) atoms. The topological polar surface area (TPSA) is 50.4 Å². The normalized spacial score (nSPS) is 19.0. The minimum atomic E-state index is -0.0245. The van der Waals surface area contributed by atoms with E-state index in [1.54, 1.807) is 0 Å². The molecule has 0 aromatic heterocycles. The van der Waals surface area contributed by atoms with Crippen LogP contribution in [0.3, 0.4) is 0 Å². The number of amides is 1. The number of ether oxygens (including phenoxy) is 1. The Morgan fingerprint density at radius 1 is 1.41 bits per heavy atom. The van der Waals surface area contributed by atoms with E-state index in [4.69, 9.17) is 4.74 Å². The van der Waals surface area contributed by atoms with Gasteiger partial charge in [0.25, 0.3) is 5.91 Å². The van der Waals surface area contributed by atoms with Crippen molar-refractivity contribution >= 4 is 11.6 Å². The number of rotatable bonds is 4. The van der Waals surface area contributed by atoms with Crippen LogP contribution in [0, 0.1) is 0 Å². The summed E-state index contributed by atoms with van der Waals surface area (Å²) in [6.07, 6.45) is 0.904. The van der Waals surface area contributed by atoms with Crippen molar-refractivity contribution in [2.75, 3.05) is 25.1 Å². The molecule has 1 heterocycles. The van der Waals surface area contributed by atoms with Crippen LogP contribution in [-0.4, -0.2) is 31.7 Å². The molecule has 4 nitrogen and oxygen atoms in total. The fourth-order valence-electron chi connectivity index (χ4n) is 1.86. The first kappa shape index (κ1) is 11.9. The van der Waals surface area contributed by atoms with Gasteiger partial charge in [0.2, 0.25) is 0 Å². The lowest BCUT2D eigenvalue weighted by molar-refractivity contribution is 0.0930. The fourth-order valence-corrected chi connectivity index (χ4v) is 1.86. The first-order valence-corrected chi connectivity index (χ1v) is 6.02. The lowest BCUT2D eigenvalue weighted by atomic mass is 10.1. The Morgan fingerprint density at radius 2 is 2.18 bits per heavy atom. The third-order valence-corrected chi connectivity index (χ3v) is 2.79. The zero-order valence-corrected chi connectivity index (χ0v) is 10.0. The van der Waals surface area contributed by atoms with Gasteiger partial charge in [0.1, 0.15) is 0 Å². The van der Waals surface area contributed by atoms with Gasteiger partial charge in [-0.05, 0) is 37.6 Å². The van der Waals surface area contributed by atoms with Crippen LogP contribution in [0.4, 0.5) is 5.69 Å². The molecular formula is C13H18N2O2. The number of carbonyl (C=O) groups is 1. The lowest BCUT2D eigenvalue weighted by Gasteiger charge is -2.11. The van der Waals surface area contributed by atoms with Crippen molar-refractivity contribution < 1.29 is 9.53 Å². The highest BCUT2D eigenvalue weighted by atomic mass is 16.5. The van der Waals surface area contributed by atoms with Crippen molar-refractivity contribution in [2.45, 2.75) is 19.4 Å². The molecule has 1 fully saturated rings. The Kier molecular flexibility index (Phi) is 3.98. The van der Waals surface area contributed by atoms with Gasteiger partial charge in [-0.1, -0.05) is 0 Å². The van der Waals surface area contributed by atoms with Crippen molar-refractivity contribution in [1.82, 2.24) is 5.32 Å². The maximum atomic E-state index is 11.9. The van der Waals surface area contributed by atoms with Gasteiger partial charge >= 0.3 is 0 Å². The van der Waals surface area contributed by atoms with E-state index in [2.05, 4.69) is 10.6 Å². The van der Waals surface area contributed by atoms with Crippen molar-refractivity contribution in [1.29, 1.82) is 0 Å². The molecule has 1 aliphatic rings. The molecule has 1 aliphatic heterocycles. The SMILES string of the molecule is CCNc1ccc(C(=O)NC2CCOC2)cc1. The van der Waals surface area contributed by atoms with Crippen LogP contribution in [0.1, 0.15) is 23.7 Å². The Balaban J connectivity index is 1.93. The minimum Gasteiger partial charge on any atom is -0.385 e. The Labute approximate surface area is 101 Å². The first-order valence-electron chi connectivity index (χ1n) is 6.02. The molecule has 1 unspecified atom stereocenters. The number of hydrogen-bond donors (Lipinski definition) is 2. The van der Waals surface area contributed by atoms with Gasteiger partial charge in [0.05, 0.1) is 12.6 Å². The minimum absolute atomic E-state index is 0.0245. The quantitative estimate of drug-likeness (QED) is 0.832. The van der Waals surface area contributed by atoms with E-state index in [0.717, 1.165) is 25.3 Å². The predicted molar refractivity (Wildman–Crippen MR) is 67.3 cm³/mol. The maximum absolute atomic E-state index is 11.9. The van der Waals surface area contributed by atoms with Gasteiger partial charge in [-0.15, -0.1) is 0 Å². The summed E-state index contributed by atoms with van der Waals surface area (Å²) in [4.78, 5) is 11.9. The molecule has 1 saturated heterocycles. The van der Waals surface area contributed by atoms with Crippen molar-refractivity contribution in [3.8, 4) is 0 Å². The van der Waals surface area contributed by atoms with E-state index < -0.39 is 0 Å². The fraction of sp³-hybridized carbons (Fsp3) is 0.462. The number of carbonyl (C=O) groups excluding carboxylic acids is 1. The smallest absolute Gasteiger partial charge is 0.251 e. The van der Waals surface area contributed by atoms with Crippen molar-refractivity contribution in [2.24, 2.45) is 0 Å². The zero-order chi connectivity index (χ0) is 12.1. The van der Waals surface area contributed by atoms with Gasteiger partial charge in [-0.2, -0.15) is 0 Å². The monoisotopic (exact) mass is 234 g/mol. The van der Waals surface area contributed by atoms with E-state index in [1.165, 1.54) is 0 Å². The molecular weight excluding hydrogens is 216 g/mol. The molecule has 1 aromatic rings. The highest BCUT2D eigenvalue weighted by molar-refractivity contribution is 5.94. The van der Waals surface area contributed by atoms with Gasteiger partial charge in [-0.3, -0.25) is 4.79 Å². The van der Waals surface area contributed by atoms with E-state index in [1.807, 2.05) is 31.2 Å². The first-order chi connectivity index (χ1) is 8.29. The molecule has 4 heteroatoms. The number of hydrogen-bond acceptors (Lipinski definition) is 3. The maximum Gasteiger partial charge on any atom is 0.251 e. The average Bonchev–Trinajstić information content (AvgIpc) is 2.83. The second kappa shape index (κ2) is 5.68. The molecule has 0 saturated carbocycles. The van der Waals surface area contributed by atoms with E-state index >= 15 is 0 Å². The average molecular weight is 234 g/mol. The summed E-state index contributed by atoms with van der Waals surface area (Å²) in [7, 11) is 0. The van der Waals surface area contributed by atoms with Crippen LogP contribution in [0.2, 0.25) is 0 Å². The predicted octanol–water partition coefficient (Wildman–Crippen LogP) is 1.64. The summed E-state index contributed by atoms with van der Waals surface area (Å²) >= 11 is 0. The van der Waals surface area contributed by atoms with Gasteiger partial charge in [0, 0.05) is 24.4 Å². The molecule has 1 amide bonds. The Morgan fingerprint density at radius 3 is 2.76 bits per heavy atom. The second-order valence-corrected chi connectivity index (χ2v) is 4.14. The molecule has 1 atom stereocenters. The number of benzene rings is 1. The summed E-state index contributed by atoms with van der Waals surface area (Å²) in [5, 5.41) is 6.16. The highest BCUT2D eigenvalue weighted by Gasteiger charge is 2.18. The third-order valence-electron chi connectivity index (χ3n) is 2.79. The van der Waals surface area contributed by atoms with Crippen LogP contribution >= 0.6 is 0 Å². The summed E-state index contributed by atoms with van der Waals surface area (Å²) in [6, 6.07) is 7.68. The summed E-state index contributed by atoms with van der Waals surface area (Å²) in [5.41, 5.74) is 1.73. The van der Waals surface area contributed by atoms with Gasteiger partial charge < -0.3 is 15.4 Å². The van der Waals surface area contributed by atoms with Crippen LogP contribution in [-0.2, 0) is 4.74 Å². The molecule has 0 aliphatic carbocycles.